The van der Waals surface area contributed by atoms with Crippen LogP contribution >= 0.6 is 0 Å². The molecule has 0 fully saturated rings. The average Bonchev–Trinajstić information content (AvgIpc) is 1.98. The van der Waals surface area contributed by atoms with Gasteiger partial charge in [0.25, 0.3) is 0 Å². The summed E-state index contributed by atoms with van der Waals surface area (Å²) < 4.78 is 9.86. The van der Waals surface area contributed by atoms with Crippen molar-refractivity contribution in [2.75, 3.05) is 14.2 Å². The molecule has 0 rings (SSSR count). The predicted molar refractivity (Wildman–Crippen MR) is 46.1 cm³/mol. The molecule has 0 bridgehead atoms. The van der Waals surface area contributed by atoms with Crippen LogP contribution < -0.4 is 0 Å². The van der Waals surface area contributed by atoms with E-state index in [0.717, 1.165) is 5.57 Å². The summed E-state index contributed by atoms with van der Waals surface area (Å²) in [7, 11) is 3.12. The third-order valence-electron chi connectivity index (χ3n) is 1.12. The summed E-state index contributed by atoms with van der Waals surface area (Å²) in [6.07, 6.45) is 1.77. The molecule has 2 nitrogen and oxygen atoms in total. The van der Waals surface area contributed by atoms with Crippen molar-refractivity contribution in [3.63, 3.8) is 0 Å². The van der Waals surface area contributed by atoms with Gasteiger partial charge in [0.2, 0.25) is 0 Å². The molecule has 0 spiro atoms. The molecule has 0 saturated carbocycles. The lowest BCUT2D eigenvalue weighted by molar-refractivity contribution is 0.221. The zero-order valence-corrected chi connectivity index (χ0v) is 7.31. The molecule has 0 aromatic rings. The van der Waals surface area contributed by atoms with Crippen molar-refractivity contribution in [2.45, 2.75) is 6.92 Å². The van der Waals surface area contributed by atoms with Gasteiger partial charge in [0.1, 0.15) is 0 Å². The highest BCUT2D eigenvalue weighted by atomic mass is 16.5. The lowest BCUT2D eigenvalue weighted by Crippen LogP contribution is -1.93. The van der Waals surface area contributed by atoms with E-state index >= 15 is 0 Å². The Morgan fingerprint density at radius 3 is 2.00 bits per heavy atom. The Morgan fingerprint density at radius 2 is 1.73 bits per heavy atom. The van der Waals surface area contributed by atoms with Crippen molar-refractivity contribution in [3.8, 4) is 0 Å². The topological polar surface area (TPSA) is 18.5 Å². The van der Waals surface area contributed by atoms with Crippen LogP contribution in [0.25, 0.3) is 0 Å². The molecule has 0 aromatic carbocycles. The molecule has 0 saturated heterocycles. The molecule has 0 aliphatic rings. The zero-order valence-electron chi connectivity index (χ0n) is 7.31. The fourth-order valence-electron chi connectivity index (χ4n) is 0.578. The molecular weight excluding hydrogens is 140 g/mol. The Hall–Kier alpha value is -1.18. The number of methoxy groups -OCH3 is 2. The third kappa shape index (κ3) is 3.50. The van der Waals surface area contributed by atoms with Gasteiger partial charge in [0, 0.05) is 0 Å². The first-order valence-electron chi connectivity index (χ1n) is 3.26. The summed E-state index contributed by atoms with van der Waals surface area (Å²) in [5, 5.41) is 0. The monoisotopic (exact) mass is 154 g/mol. The second-order valence-corrected chi connectivity index (χ2v) is 2.19. The van der Waals surface area contributed by atoms with E-state index in [2.05, 4.69) is 13.2 Å². The quantitative estimate of drug-likeness (QED) is 0.456. The molecule has 0 atom stereocenters. The highest BCUT2D eigenvalue weighted by Crippen LogP contribution is 2.10. The molecule has 0 unspecified atom stereocenters. The summed E-state index contributed by atoms with van der Waals surface area (Å²) in [5.41, 5.74) is 0.903. The normalized spacial score (nSPS) is 10.6. The summed E-state index contributed by atoms with van der Waals surface area (Å²) >= 11 is 0. The van der Waals surface area contributed by atoms with Gasteiger partial charge in [-0.3, -0.25) is 0 Å². The van der Waals surface area contributed by atoms with Gasteiger partial charge in [-0.2, -0.15) is 0 Å². The van der Waals surface area contributed by atoms with E-state index in [-0.39, 0.29) is 0 Å². The number of rotatable bonds is 4. The largest absolute Gasteiger partial charge is 0.494 e. The van der Waals surface area contributed by atoms with E-state index in [1.165, 1.54) is 0 Å². The number of ether oxygens (including phenoxy) is 2. The smallest absolute Gasteiger partial charge is 0.160 e. The number of allylic oxidation sites excluding steroid dienone is 2. The first-order valence-corrected chi connectivity index (χ1v) is 3.26. The van der Waals surface area contributed by atoms with Crippen LogP contribution in [0.1, 0.15) is 6.92 Å². The van der Waals surface area contributed by atoms with Crippen LogP contribution in [0.15, 0.2) is 36.3 Å². The van der Waals surface area contributed by atoms with E-state index in [1.807, 2.05) is 6.92 Å². The van der Waals surface area contributed by atoms with Gasteiger partial charge < -0.3 is 9.47 Å². The van der Waals surface area contributed by atoms with E-state index in [4.69, 9.17) is 9.47 Å². The van der Waals surface area contributed by atoms with Crippen LogP contribution in [-0.4, -0.2) is 14.2 Å². The fourth-order valence-corrected chi connectivity index (χ4v) is 0.578. The van der Waals surface area contributed by atoms with Gasteiger partial charge in [-0.05, 0) is 13.0 Å². The number of hydrogen-bond acceptors (Lipinski definition) is 2. The summed E-state index contributed by atoms with van der Waals surface area (Å²) in [6, 6.07) is 0. The van der Waals surface area contributed by atoms with Crippen molar-refractivity contribution in [1.82, 2.24) is 0 Å². The minimum Gasteiger partial charge on any atom is -0.494 e. The van der Waals surface area contributed by atoms with Gasteiger partial charge in [-0.25, -0.2) is 0 Å². The van der Waals surface area contributed by atoms with E-state index in [1.54, 1.807) is 20.3 Å². The van der Waals surface area contributed by atoms with Crippen LogP contribution in [-0.2, 0) is 9.47 Å². The van der Waals surface area contributed by atoms with Gasteiger partial charge in [0.05, 0.1) is 14.2 Å². The highest BCUT2D eigenvalue weighted by Gasteiger charge is 2.00. The summed E-state index contributed by atoms with van der Waals surface area (Å²) in [6.45, 7) is 9.22. The third-order valence-corrected chi connectivity index (χ3v) is 1.12. The maximum absolute atomic E-state index is 4.99. The molecule has 2 heteroatoms. The lowest BCUT2D eigenvalue weighted by Gasteiger charge is -2.07. The second-order valence-electron chi connectivity index (χ2n) is 2.19. The van der Waals surface area contributed by atoms with Crippen LogP contribution in [0.4, 0.5) is 0 Å². The van der Waals surface area contributed by atoms with Crippen molar-refractivity contribution in [3.05, 3.63) is 36.3 Å². The standard InChI is InChI=1S/C9H14O2/c1-7(2)6-9(11-5)8(3)10-4/h6H,1,3H2,2,4-5H3/b9-6+. The Labute approximate surface area is 67.8 Å². The van der Waals surface area contributed by atoms with Crippen molar-refractivity contribution < 1.29 is 9.47 Å². The molecule has 11 heavy (non-hydrogen) atoms. The number of hydrogen-bond donors (Lipinski definition) is 0. The Bertz CT molecular complexity index is 190. The molecule has 62 valence electrons. The molecule has 0 amide bonds. The SMILES string of the molecule is C=C(C)/C=C(/OC)C(=C)OC. The molecule has 0 aliphatic heterocycles. The molecule has 0 radical (unpaired) electrons. The molecule has 0 heterocycles. The first kappa shape index (κ1) is 9.82. The van der Waals surface area contributed by atoms with Gasteiger partial charge in [-0.15, -0.1) is 0 Å². The Kier molecular flexibility index (Phi) is 4.11. The predicted octanol–water partition coefficient (Wildman–Crippen LogP) is 2.25. The van der Waals surface area contributed by atoms with Crippen molar-refractivity contribution in [2.24, 2.45) is 0 Å². The second kappa shape index (κ2) is 4.61. The Morgan fingerprint density at radius 1 is 1.18 bits per heavy atom. The molecule has 0 N–H and O–H groups in total. The van der Waals surface area contributed by atoms with Gasteiger partial charge >= 0.3 is 0 Å². The maximum Gasteiger partial charge on any atom is 0.160 e. The highest BCUT2D eigenvalue weighted by molar-refractivity contribution is 5.25. The van der Waals surface area contributed by atoms with Gasteiger partial charge in [0.15, 0.2) is 11.5 Å². The lowest BCUT2D eigenvalue weighted by atomic mass is 10.3. The maximum atomic E-state index is 4.99. The van der Waals surface area contributed by atoms with Crippen molar-refractivity contribution in [1.29, 1.82) is 0 Å². The van der Waals surface area contributed by atoms with Crippen molar-refractivity contribution >= 4 is 0 Å². The molecular formula is C9H14O2. The zero-order chi connectivity index (χ0) is 8.85. The minimum absolute atomic E-state index is 0.510. The van der Waals surface area contributed by atoms with E-state index in [9.17, 15) is 0 Å². The van der Waals surface area contributed by atoms with E-state index in [0.29, 0.717) is 11.5 Å². The first-order chi connectivity index (χ1) is 5.11. The average molecular weight is 154 g/mol. The minimum atomic E-state index is 0.510. The van der Waals surface area contributed by atoms with Crippen LogP contribution in [0.3, 0.4) is 0 Å². The van der Waals surface area contributed by atoms with Gasteiger partial charge in [-0.1, -0.05) is 18.7 Å². The molecule has 0 aromatic heterocycles. The van der Waals surface area contributed by atoms with Crippen LogP contribution in [0.5, 0.6) is 0 Å². The van der Waals surface area contributed by atoms with Crippen LogP contribution in [0, 0.1) is 0 Å². The van der Waals surface area contributed by atoms with E-state index < -0.39 is 0 Å². The summed E-state index contributed by atoms with van der Waals surface area (Å²) in [5.74, 6) is 1.12. The van der Waals surface area contributed by atoms with Crippen LogP contribution in [0.2, 0.25) is 0 Å². The fraction of sp³-hybridized carbons (Fsp3) is 0.333. The Balaban J connectivity index is 4.39. The molecule has 0 aliphatic carbocycles. The summed E-state index contributed by atoms with van der Waals surface area (Å²) in [4.78, 5) is 0.